The highest BCUT2D eigenvalue weighted by atomic mass is 32.1. The van der Waals surface area contributed by atoms with Crippen LogP contribution < -0.4 is 0 Å². The zero-order valence-electron chi connectivity index (χ0n) is 10.1. The van der Waals surface area contributed by atoms with E-state index in [2.05, 4.69) is 24.1 Å². The van der Waals surface area contributed by atoms with Gasteiger partial charge >= 0.3 is 0 Å². The van der Waals surface area contributed by atoms with E-state index in [0.29, 0.717) is 0 Å². The van der Waals surface area contributed by atoms with Crippen molar-refractivity contribution in [2.24, 2.45) is 5.92 Å². The summed E-state index contributed by atoms with van der Waals surface area (Å²) in [6, 6.07) is 4.29. The van der Waals surface area contributed by atoms with E-state index in [1.54, 1.807) is 11.3 Å². The van der Waals surface area contributed by atoms with Crippen molar-refractivity contribution in [3.05, 3.63) is 40.3 Å². The van der Waals surface area contributed by atoms with Crippen LogP contribution in [0.4, 0.5) is 0 Å². The van der Waals surface area contributed by atoms with Crippen LogP contribution in [0.25, 0.3) is 5.57 Å². The Morgan fingerprint density at radius 3 is 2.76 bits per heavy atom. The number of rotatable bonds is 2. The molecule has 2 heterocycles. The third kappa shape index (κ3) is 2.06. The van der Waals surface area contributed by atoms with Crippen molar-refractivity contribution < 1.29 is 4.74 Å². The second-order valence-electron chi connectivity index (χ2n) is 4.92. The van der Waals surface area contributed by atoms with Crippen molar-refractivity contribution in [2.75, 3.05) is 6.61 Å². The van der Waals surface area contributed by atoms with Crippen molar-refractivity contribution in [2.45, 2.75) is 32.1 Å². The standard InChI is InChI=1S/C15H18OS/c1-11-15(14-8-5-9-17-14)13(10-16-11)12-6-3-2-4-7-12/h5,8-9,12H,1-4,6-7,10H2. The Hall–Kier alpha value is -1.02. The fourth-order valence-electron chi connectivity index (χ4n) is 2.98. The molecule has 1 aliphatic carbocycles. The molecular formula is C15H18OS. The zero-order chi connectivity index (χ0) is 11.7. The van der Waals surface area contributed by atoms with Crippen LogP contribution in [0.3, 0.4) is 0 Å². The van der Waals surface area contributed by atoms with Crippen LogP contribution in [0.5, 0.6) is 0 Å². The average Bonchev–Trinajstić information content (AvgIpc) is 2.99. The van der Waals surface area contributed by atoms with Crippen molar-refractivity contribution in [1.82, 2.24) is 0 Å². The third-order valence-electron chi connectivity index (χ3n) is 3.87. The molecule has 0 atom stereocenters. The van der Waals surface area contributed by atoms with Gasteiger partial charge in [0, 0.05) is 10.5 Å². The van der Waals surface area contributed by atoms with Gasteiger partial charge in [-0.2, -0.15) is 0 Å². The Morgan fingerprint density at radius 2 is 2.06 bits per heavy atom. The number of hydrogen-bond donors (Lipinski definition) is 0. The normalized spacial score (nSPS) is 22.0. The van der Waals surface area contributed by atoms with Gasteiger partial charge in [-0.05, 0) is 35.8 Å². The van der Waals surface area contributed by atoms with E-state index in [4.69, 9.17) is 4.74 Å². The Bertz CT molecular complexity index is 435. The fourth-order valence-corrected chi connectivity index (χ4v) is 3.80. The summed E-state index contributed by atoms with van der Waals surface area (Å²) in [5.74, 6) is 1.62. The van der Waals surface area contributed by atoms with Gasteiger partial charge in [0.15, 0.2) is 0 Å². The van der Waals surface area contributed by atoms with Crippen molar-refractivity contribution in [3.8, 4) is 0 Å². The van der Waals surface area contributed by atoms with Crippen molar-refractivity contribution >= 4 is 16.9 Å². The third-order valence-corrected chi connectivity index (χ3v) is 4.75. The molecule has 1 aromatic heterocycles. The maximum atomic E-state index is 5.69. The van der Waals surface area contributed by atoms with Crippen LogP contribution in [-0.4, -0.2) is 6.61 Å². The lowest BCUT2D eigenvalue weighted by Crippen LogP contribution is -2.11. The second-order valence-corrected chi connectivity index (χ2v) is 5.87. The number of ether oxygens (including phenoxy) is 1. The second kappa shape index (κ2) is 4.69. The summed E-state index contributed by atoms with van der Waals surface area (Å²) < 4.78 is 5.69. The van der Waals surface area contributed by atoms with Gasteiger partial charge in [0.05, 0.1) is 0 Å². The molecule has 0 amide bonds. The maximum absolute atomic E-state index is 5.69. The molecule has 0 unspecified atom stereocenters. The highest BCUT2D eigenvalue weighted by Gasteiger charge is 2.28. The number of allylic oxidation sites excluding steroid dienone is 1. The first kappa shape index (κ1) is 11.1. The van der Waals surface area contributed by atoms with E-state index >= 15 is 0 Å². The van der Waals surface area contributed by atoms with Crippen molar-refractivity contribution in [3.63, 3.8) is 0 Å². The van der Waals surface area contributed by atoms with Crippen LogP contribution in [0.2, 0.25) is 0 Å². The summed E-state index contributed by atoms with van der Waals surface area (Å²) in [6.07, 6.45) is 6.82. The highest BCUT2D eigenvalue weighted by molar-refractivity contribution is 7.11. The molecule has 2 heteroatoms. The molecule has 1 aromatic rings. The molecule has 1 fully saturated rings. The lowest BCUT2D eigenvalue weighted by Gasteiger charge is -2.22. The lowest BCUT2D eigenvalue weighted by molar-refractivity contribution is 0.259. The molecular weight excluding hydrogens is 228 g/mol. The van der Waals surface area contributed by atoms with Crippen LogP contribution in [-0.2, 0) is 4.74 Å². The van der Waals surface area contributed by atoms with Gasteiger partial charge in [-0.15, -0.1) is 11.3 Å². The minimum absolute atomic E-state index is 0.736. The molecule has 0 saturated heterocycles. The van der Waals surface area contributed by atoms with E-state index in [-0.39, 0.29) is 0 Å². The molecule has 90 valence electrons. The first-order chi connectivity index (χ1) is 8.36. The van der Waals surface area contributed by atoms with E-state index < -0.39 is 0 Å². The van der Waals surface area contributed by atoms with Gasteiger partial charge in [0.2, 0.25) is 0 Å². The SMILES string of the molecule is C=C1OCC(C2CCCCC2)=C1c1cccs1. The average molecular weight is 246 g/mol. The zero-order valence-corrected chi connectivity index (χ0v) is 10.9. The van der Waals surface area contributed by atoms with Gasteiger partial charge < -0.3 is 4.74 Å². The molecule has 0 radical (unpaired) electrons. The summed E-state index contributed by atoms with van der Waals surface area (Å²) in [5.41, 5.74) is 2.82. The summed E-state index contributed by atoms with van der Waals surface area (Å²) in [7, 11) is 0. The first-order valence-electron chi connectivity index (χ1n) is 6.45. The summed E-state index contributed by atoms with van der Waals surface area (Å²) in [6.45, 7) is 4.84. The lowest BCUT2D eigenvalue weighted by atomic mass is 9.82. The smallest absolute Gasteiger partial charge is 0.121 e. The van der Waals surface area contributed by atoms with E-state index in [9.17, 15) is 0 Å². The molecule has 1 aliphatic heterocycles. The van der Waals surface area contributed by atoms with E-state index in [1.807, 2.05) is 0 Å². The van der Waals surface area contributed by atoms with Crippen LogP contribution in [0, 0.1) is 5.92 Å². The van der Waals surface area contributed by atoms with Gasteiger partial charge in [-0.3, -0.25) is 0 Å². The predicted molar refractivity (Wildman–Crippen MR) is 72.9 cm³/mol. The molecule has 0 spiro atoms. The van der Waals surface area contributed by atoms with Gasteiger partial charge in [-0.25, -0.2) is 0 Å². The molecule has 0 bridgehead atoms. The molecule has 1 nitrogen and oxygen atoms in total. The number of thiophene rings is 1. The monoisotopic (exact) mass is 246 g/mol. The Labute approximate surface area is 107 Å². The quantitative estimate of drug-likeness (QED) is 0.739. The predicted octanol–water partition coefficient (Wildman–Crippen LogP) is 4.63. The fraction of sp³-hybridized carbons (Fsp3) is 0.467. The Kier molecular flexibility index (Phi) is 3.06. The first-order valence-corrected chi connectivity index (χ1v) is 7.33. The number of hydrogen-bond acceptors (Lipinski definition) is 2. The molecule has 2 aliphatic rings. The largest absolute Gasteiger partial charge is 0.489 e. The van der Waals surface area contributed by atoms with Crippen molar-refractivity contribution in [1.29, 1.82) is 0 Å². The highest BCUT2D eigenvalue weighted by Crippen LogP contribution is 2.42. The van der Waals surface area contributed by atoms with Crippen LogP contribution in [0.15, 0.2) is 35.4 Å². The minimum Gasteiger partial charge on any atom is -0.489 e. The summed E-state index contributed by atoms with van der Waals surface area (Å²) in [4.78, 5) is 1.33. The Balaban J connectivity index is 1.96. The van der Waals surface area contributed by atoms with Crippen LogP contribution in [0.1, 0.15) is 37.0 Å². The van der Waals surface area contributed by atoms with E-state index in [0.717, 1.165) is 18.3 Å². The molecule has 1 saturated carbocycles. The van der Waals surface area contributed by atoms with E-state index in [1.165, 1.54) is 48.1 Å². The topological polar surface area (TPSA) is 9.23 Å². The van der Waals surface area contributed by atoms with Gasteiger partial charge in [0.1, 0.15) is 12.4 Å². The molecule has 0 N–H and O–H groups in total. The summed E-state index contributed by atoms with van der Waals surface area (Å²) >= 11 is 1.79. The van der Waals surface area contributed by atoms with Gasteiger partial charge in [0.25, 0.3) is 0 Å². The summed E-state index contributed by atoms with van der Waals surface area (Å²) in [5, 5.41) is 2.13. The van der Waals surface area contributed by atoms with Gasteiger partial charge in [-0.1, -0.05) is 31.9 Å². The molecule has 3 rings (SSSR count). The molecule has 0 aromatic carbocycles. The maximum Gasteiger partial charge on any atom is 0.121 e. The minimum atomic E-state index is 0.736. The Morgan fingerprint density at radius 1 is 1.24 bits per heavy atom. The van der Waals surface area contributed by atoms with Crippen LogP contribution >= 0.6 is 11.3 Å². The molecule has 17 heavy (non-hydrogen) atoms.